The molecule has 0 saturated heterocycles. The molecule has 0 atom stereocenters. The van der Waals surface area contributed by atoms with Gasteiger partial charge in [-0.3, -0.25) is 0 Å². The molecule has 2 aromatic rings. The minimum Gasteiger partial charge on any atom is -0.492 e. The number of hydrogen-bond donors (Lipinski definition) is 0. The molecule has 0 radical (unpaired) electrons. The number of fused-ring (bicyclic) bond motifs is 1. The number of rotatable bonds is 4. The highest BCUT2D eigenvalue weighted by Crippen LogP contribution is 2.27. The molecule has 0 heterocycles. The molecule has 0 unspecified atom stereocenters. The lowest BCUT2D eigenvalue weighted by molar-refractivity contribution is 0.271. The van der Waals surface area contributed by atoms with Crippen LogP contribution in [0.25, 0.3) is 10.8 Å². The van der Waals surface area contributed by atoms with E-state index in [1.54, 1.807) is 0 Å². The highest BCUT2D eigenvalue weighted by Gasteiger charge is 2.07. The number of benzene rings is 2. The fourth-order valence-electron chi connectivity index (χ4n) is 1.96. The van der Waals surface area contributed by atoms with Gasteiger partial charge < -0.3 is 4.74 Å². The van der Waals surface area contributed by atoms with E-state index in [2.05, 4.69) is 43.9 Å². The molecular weight excluding hydrogens is 268 g/mol. The van der Waals surface area contributed by atoms with Crippen molar-refractivity contribution in [3.63, 3.8) is 0 Å². The van der Waals surface area contributed by atoms with Crippen molar-refractivity contribution in [2.45, 2.75) is 20.3 Å². The molecule has 2 aromatic carbocycles. The van der Waals surface area contributed by atoms with Crippen LogP contribution in [-0.2, 0) is 0 Å². The molecule has 0 aliphatic carbocycles. The highest BCUT2D eigenvalue weighted by molar-refractivity contribution is 6.18. The van der Waals surface area contributed by atoms with Gasteiger partial charge >= 0.3 is 0 Å². The Bertz CT molecular complexity index is 635. The Balaban J connectivity index is 2.45. The molecule has 1 nitrogen and oxygen atoms in total. The highest BCUT2D eigenvalue weighted by atomic mass is 35.5. The number of hydrogen-bond acceptors (Lipinski definition) is 1. The Kier molecular flexibility index (Phi) is 5.32. The predicted molar refractivity (Wildman–Crippen MR) is 86.5 cm³/mol. The smallest absolute Gasteiger partial charge is 0.135 e. The van der Waals surface area contributed by atoms with Gasteiger partial charge in [0.15, 0.2) is 0 Å². The average Bonchev–Trinajstić information content (AvgIpc) is 2.46. The first-order valence-electron chi connectivity index (χ1n) is 6.91. The van der Waals surface area contributed by atoms with E-state index in [9.17, 15) is 0 Å². The first-order chi connectivity index (χ1) is 9.72. The second kappa shape index (κ2) is 7.22. The van der Waals surface area contributed by atoms with Crippen LogP contribution in [0.2, 0.25) is 0 Å². The van der Waals surface area contributed by atoms with E-state index in [0.717, 1.165) is 16.7 Å². The second-order valence-electron chi connectivity index (χ2n) is 5.11. The van der Waals surface area contributed by atoms with Gasteiger partial charge in [0.1, 0.15) is 5.75 Å². The lowest BCUT2D eigenvalue weighted by atomic mass is 10.0. The van der Waals surface area contributed by atoms with E-state index in [4.69, 9.17) is 16.3 Å². The van der Waals surface area contributed by atoms with Crippen LogP contribution >= 0.6 is 11.6 Å². The number of ether oxygens (including phenoxy) is 1. The SMILES string of the molecule is CC(C)COc1ccc2ccccc2c1C#CCCCl. The van der Waals surface area contributed by atoms with Crippen molar-refractivity contribution < 1.29 is 4.74 Å². The van der Waals surface area contributed by atoms with Crippen LogP contribution in [0, 0.1) is 17.8 Å². The van der Waals surface area contributed by atoms with E-state index in [1.165, 1.54) is 5.39 Å². The van der Waals surface area contributed by atoms with Crippen molar-refractivity contribution in [1.29, 1.82) is 0 Å². The number of halogens is 1. The van der Waals surface area contributed by atoms with Gasteiger partial charge in [-0.25, -0.2) is 0 Å². The largest absolute Gasteiger partial charge is 0.492 e. The molecule has 0 saturated carbocycles. The molecule has 104 valence electrons. The van der Waals surface area contributed by atoms with Gasteiger partial charge in [0.2, 0.25) is 0 Å². The van der Waals surface area contributed by atoms with E-state index in [-0.39, 0.29) is 0 Å². The molecule has 2 heteroatoms. The lowest BCUT2D eigenvalue weighted by Gasteiger charge is -2.12. The summed E-state index contributed by atoms with van der Waals surface area (Å²) in [5.74, 6) is 8.24. The monoisotopic (exact) mass is 286 g/mol. The van der Waals surface area contributed by atoms with Gasteiger partial charge in [0.05, 0.1) is 12.2 Å². The summed E-state index contributed by atoms with van der Waals surface area (Å²) >= 11 is 5.69. The zero-order valence-corrected chi connectivity index (χ0v) is 12.7. The van der Waals surface area contributed by atoms with Crippen LogP contribution in [0.1, 0.15) is 25.8 Å². The summed E-state index contributed by atoms with van der Waals surface area (Å²) in [4.78, 5) is 0. The molecule has 0 amide bonds. The van der Waals surface area contributed by atoms with Crippen LogP contribution in [-0.4, -0.2) is 12.5 Å². The Morgan fingerprint density at radius 3 is 2.70 bits per heavy atom. The van der Waals surface area contributed by atoms with Crippen LogP contribution < -0.4 is 4.74 Å². The molecule has 0 bridgehead atoms. The second-order valence-corrected chi connectivity index (χ2v) is 5.48. The van der Waals surface area contributed by atoms with Gasteiger partial charge in [0.25, 0.3) is 0 Å². The van der Waals surface area contributed by atoms with E-state index < -0.39 is 0 Å². The minimum atomic E-state index is 0.491. The quantitative estimate of drug-likeness (QED) is 0.576. The summed E-state index contributed by atoms with van der Waals surface area (Å²) in [5, 5.41) is 2.32. The van der Waals surface area contributed by atoms with E-state index in [0.29, 0.717) is 24.8 Å². The third-order valence-corrected chi connectivity index (χ3v) is 3.08. The van der Waals surface area contributed by atoms with Crippen LogP contribution in [0.5, 0.6) is 5.75 Å². The standard InChI is InChI=1S/C18H19ClO/c1-14(2)13-20-18-11-10-15-7-3-4-8-16(15)17(18)9-5-6-12-19/h3-4,7-8,10-11,14H,6,12-13H2,1-2H3. The van der Waals surface area contributed by atoms with Gasteiger partial charge in [0, 0.05) is 17.7 Å². The molecule has 0 aliphatic rings. The maximum absolute atomic E-state index is 5.90. The molecule has 0 aliphatic heterocycles. The molecule has 0 aromatic heterocycles. The first-order valence-corrected chi connectivity index (χ1v) is 7.45. The third-order valence-electron chi connectivity index (χ3n) is 2.90. The van der Waals surface area contributed by atoms with Crippen molar-refractivity contribution >= 4 is 22.4 Å². The van der Waals surface area contributed by atoms with Gasteiger partial charge in [-0.2, -0.15) is 0 Å². The van der Waals surface area contributed by atoms with Gasteiger partial charge in [-0.05, 0) is 17.4 Å². The van der Waals surface area contributed by atoms with Gasteiger partial charge in [-0.15, -0.1) is 11.6 Å². The van der Waals surface area contributed by atoms with Crippen molar-refractivity contribution in [3.8, 4) is 17.6 Å². The number of alkyl halides is 1. The Morgan fingerprint density at radius 2 is 1.95 bits per heavy atom. The van der Waals surface area contributed by atoms with Crippen LogP contribution in [0.3, 0.4) is 0 Å². The van der Waals surface area contributed by atoms with E-state index in [1.807, 2.05) is 18.2 Å². The normalized spacial score (nSPS) is 10.4. The predicted octanol–water partition coefficient (Wildman–Crippen LogP) is 4.86. The minimum absolute atomic E-state index is 0.491. The summed E-state index contributed by atoms with van der Waals surface area (Å²) < 4.78 is 5.90. The zero-order valence-electron chi connectivity index (χ0n) is 11.9. The van der Waals surface area contributed by atoms with Crippen molar-refractivity contribution in [2.75, 3.05) is 12.5 Å². The fraction of sp³-hybridized carbons (Fsp3) is 0.333. The first kappa shape index (κ1) is 14.8. The van der Waals surface area contributed by atoms with Crippen molar-refractivity contribution in [1.82, 2.24) is 0 Å². The fourth-order valence-corrected chi connectivity index (χ4v) is 2.05. The summed E-state index contributed by atoms with van der Waals surface area (Å²) in [6.45, 7) is 4.97. The molecule has 2 rings (SSSR count). The van der Waals surface area contributed by atoms with Crippen LogP contribution in [0.15, 0.2) is 36.4 Å². The summed E-state index contributed by atoms with van der Waals surface area (Å²) in [7, 11) is 0. The lowest BCUT2D eigenvalue weighted by Crippen LogP contribution is -2.05. The molecule has 20 heavy (non-hydrogen) atoms. The molecular formula is C18H19ClO. The maximum Gasteiger partial charge on any atom is 0.135 e. The topological polar surface area (TPSA) is 9.23 Å². The Hall–Kier alpha value is -1.65. The summed E-state index contributed by atoms with van der Waals surface area (Å²) in [6, 6.07) is 12.3. The molecule has 0 spiro atoms. The zero-order chi connectivity index (χ0) is 14.4. The van der Waals surface area contributed by atoms with Gasteiger partial charge in [-0.1, -0.05) is 56.0 Å². The third kappa shape index (κ3) is 3.68. The van der Waals surface area contributed by atoms with Crippen LogP contribution in [0.4, 0.5) is 0 Å². The van der Waals surface area contributed by atoms with Crippen molar-refractivity contribution in [2.24, 2.45) is 5.92 Å². The molecule has 0 N–H and O–H groups in total. The summed E-state index contributed by atoms with van der Waals surface area (Å²) in [6.07, 6.45) is 0.689. The van der Waals surface area contributed by atoms with Crippen molar-refractivity contribution in [3.05, 3.63) is 42.0 Å². The Labute approximate surface area is 125 Å². The van der Waals surface area contributed by atoms with E-state index >= 15 is 0 Å². The molecule has 0 fully saturated rings. The Morgan fingerprint density at radius 1 is 1.15 bits per heavy atom. The average molecular weight is 287 g/mol. The maximum atomic E-state index is 5.90. The summed E-state index contributed by atoms with van der Waals surface area (Å²) in [5.41, 5.74) is 0.967.